The molecule has 9 aromatic carbocycles. The fraction of sp³-hybridized carbons (Fsp3) is 0. The lowest BCUT2D eigenvalue weighted by Gasteiger charge is -2.17. The van der Waals surface area contributed by atoms with Crippen LogP contribution in [0.5, 0.6) is 0 Å². The molecule has 218 valence electrons. The number of aromatic nitrogens is 1. The second-order valence-electron chi connectivity index (χ2n) is 12.5. The number of hydrogen-bond acceptors (Lipinski definition) is 0. The van der Waals surface area contributed by atoms with E-state index < -0.39 is 0 Å². The predicted octanol–water partition coefficient (Wildman–Crippen LogP) is 12.7. The zero-order valence-electron chi connectivity index (χ0n) is 25.7. The summed E-state index contributed by atoms with van der Waals surface area (Å²) in [5.41, 5.74) is 8.58. The first kappa shape index (κ1) is 26.1. The third kappa shape index (κ3) is 3.84. The summed E-state index contributed by atoms with van der Waals surface area (Å²) in [6, 6.07) is 64.5. The van der Waals surface area contributed by atoms with E-state index in [1.165, 1.54) is 87.1 Å². The molecule has 0 unspecified atom stereocenters. The first-order valence-corrected chi connectivity index (χ1v) is 16.3. The Hall–Kier alpha value is -6.18. The highest BCUT2D eigenvalue weighted by Crippen LogP contribution is 2.46. The van der Waals surface area contributed by atoms with Crippen LogP contribution in [0.15, 0.2) is 176 Å². The number of nitrogens with zero attached hydrogens (tertiary/aromatic N) is 1. The van der Waals surface area contributed by atoms with Crippen LogP contribution in [-0.4, -0.2) is 4.57 Å². The lowest BCUT2D eigenvalue weighted by molar-refractivity contribution is 1.18. The minimum Gasteiger partial charge on any atom is -0.309 e. The summed E-state index contributed by atoms with van der Waals surface area (Å²) >= 11 is 0. The second-order valence-corrected chi connectivity index (χ2v) is 12.5. The Balaban J connectivity index is 1.37. The first-order valence-electron chi connectivity index (χ1n) is 16.3. The van der Waals surface area contributed by atoms with Gasteiger partial charge in [0.25, 0.3) is 0 Å². The largest absolute Gasteiger partial charge is 0.309 e. The average molecular weight is 596 g/mol. The van der Waals surface area contributed by atoms with E-state index in [1.54, 1.807) is 0 Å². The lowest BCUT2D eigenvalue weighted by atomic mass is 9.87. The van der Waals surface area contributed by atoms with Crippen LogP contribution >= 0.6 is 0 Å². The van der Waals surface area contributed by atoms with E-state index in [-0.39, 0.29) is 0 Å². The van der Waals surface area contributed by atoms with Gasteiger partial charge in [0.15, 0.2) is 0 Å². The topological polar surface area (TPSA) is 4.93 Å². The normalized spacial score (nSPS) is 11.8. The van der Waals surface area contributed by atoms with Crippen molar-refractivity contribution in [3.05, 3.63) is 176 Å². The van der Waals surface area contributed by atoms with Crippen LogP contribution in [-0.2, 0) is 0 Å². The zero-order valence-corrected chi connectivity index (χ0v) is 25.7. The van der Waals surface area contributed by atoms with Gasteiger partial charge in [-0.05, 0) is 95.7 Å². The molecule has 0 N–H and O–H groups in total. The molecule has 1 heteroatoms. The van der Waals surface area contributed by atoms with Gasteiger partial charge in [-0.2, -0.15) is 0 Å². The third-order valence-electron chi connectivity index (χ3n) is 9.95. The summed E-state index contributed by atoms with van der Waals surface area (Å²) in [5, 5.41) is 12.8. The van der Waals surface area contributed by atoms with E-state index in [1.807, 2.05) is 0 Å². The summed E-state index contributed by atoms with van der Waals surface area (Å²) < 4.78 is 2.46. The minimum absolute atomic E-state index is 1.16. The van der Waals surface area contributed by atoms with Crippen molar-refractivity contribution in [2.75, 3.05) is 0 Å². The van der Waals surface area contributed by atoms with Crippen LogP contribution in [0.3, 0.4) is 0 Å². The number of para-hydroxylation sites is 1. The number of rotatable bonds is 3. The fourth-order valence-corrected chi connectivity index (χ4v) is 7.95. The number of fused-ring (bicyclic) bond motifs is 10. The maximum absolute atomic E-state index is 2.46. The van der Waals surface area contributed by atoms with Crippen LogP contribution in [0.4, 0.5) is 0 Å². The van der Waals surface area contributed by atoms with Crippen molar-refractivity contribution in [2.45, 2.75) is 0 Å². The molecular weight excluding hydrogens is 567 g/mol. The SMILES string of the molecule is c1ccc(-n2c3ccc4ccccc4c3c3c4ccccc4c(-c4ccccc4-c4cc5ccccc5c5ccccc45)cc32)cc1. The Morgan fingerprint density at radius 3 is 1.53 bits per heavy atom. The second kappa shape index (κ2) is 10.2. The molecule has 0 spiro atoms. The van der Waals surface area contributed by atoms with Gasteiger partial charge in [-0.25, -0.2) is 0 Å². The summed E-state index contributed by atoms with van der Waals surface area (Å²) in [4.78, 5) is 0. The maximum atomic E-state index is 2.46. The van der Waals surface area contributed by atoms with Crippen molar-refractivity contribution in [3.8, 4) is 27.9 Å². The Morgan fingerprint density at radius 2 is 0.787 bits per heavy atom. The Labute approximate surface area is 272 Å². The highest BCUT2D eigenvalue weighted by molar-refractivity contribution is 6.30. The molecule has 1 nitrogen and oxygen atoms in total. The molecule has 0 aliphatic heterocycles. The number of hydrogen-bond donors (Lipinski definition) is 0. The third-order valence-corrected chi connectivity index (χ3v) is 9.95. The summed E-state index contributed by atoms with van der Waals surface area (Å²) in [7, 11) is 0. The number of benzene rings is 9. The molecule has 0 aliphatic rings. The van der Waals surface area contributed by atoms with Crippen LogP contribution in [0.2, 0.25) is 0 Å². The minimum atomic E-state index is 1.16. The smallest absolute Gasteiger partial charge is 0.0553 e. The van der Waals surface area contributed by atoms with Crippen LogP contribution in [0.25, 0.3) is 92.8 Å². The van der Waals surface area contributed by atoms with E-state index in [2.05, 4.69) is 180 Å². The monoisotopic (exact) mass is 595 g/mol. The zero-order chi connectivity index (χ0) is 30.9. The van der Waals surface area contributed by atoms with E-state index >= 15 is 0 Å². The van der Waals surface area contributed by atoms with E-state index in [0.717, 1.165) is 5.69 Å². The van der Waals surface area contributed by atoms with Crippen molar-refractivity contribution in [1.29, 1.82) is 0 Å². The quantitative estimate of drug-likeness (QED) is 0.179. The first-order chi connectivity index (χ1) is 23.3. The van der Waals surface area contributed by atoms with Crippen molar-refractivity contribution < 1.29 is 0 Å². The van der Waals surface area contributed by atoms with Gasteiger partial charge in [-0.3, -0.25) is 0 Å². The summed E-state index contributed by atoms with van der Waals surface area (Å²) in [6.07, 6.45) is 0. The maximum Gasteiger partial charge on any atom is 0.0553 e. The molecule has 0 saturated heterocycles. The highest BCUT2D eigenvalue weighted by atomic mass is 15.0. The van der Waals surface area contributed by atoms with Gasteiger partial charge in [-0.1, -0.05) is 146 Å². The Morgan fingerprint density at radius 1 is 0.277 bits per heavy atom. The molecule has 0 aliphatic carbocycles. The molecule has 1 aromatic heterocycles. The van der Waals surface area contributed by atoms with Crippen molar-refractivity contribution in [1.82, 2.24) is 4.57 Å². The molecule has 47 heavy (non-hydrogen) atoms. The molecule has 1 heterocycles. The van der Waals surface area contributed by atoms with Gasteiger partial charge in [0.05, 0.1) is 11.0 Å². The van der Waals surface area contributed by atoms with Gasteiger partial charge in [0.2, 0.25) is 0 Å². The molecular formula is C46H29N. The molecule has 10 rings (SSSR count). The van der Waals surface area contributed by atoms with Crippen LogP contribution in [0, 0.1) is 0 Å². The fourth-order valence-electron chi connectivity index (χ4n) is 7.95. The van der Waals surface area contributed by atoms with E-state index in [9.17, 15) is 0 Å². The standard InChI is InChI=1S/C46H29N/c1-2-16-32(17-3-1)47-43-27-26-30-14-4-7-19-34(30)45(43)46-40-25-13-12-24-39(40)42(29-44(46)47)38-23-11-10-22-37(38)41-28-31-15-5-6-18-33(31)35-20-8-9-21-36(35)41/h1-29H. The van der Waals surface area contributed by atoms with Crippen LogP contribution < -0.4 is 0 Å². The molecule has 0 fully saturated rings. The van der Waals surface area contributed by atoms with Gasteiger partial charge in [-0.15, -0.1) is 0 Å². The Kier molecular flexibility index (Phi) is 5.64. The van der Waals surface area contributed by atoms with Crippen molar-refractivity contribution in [3.63, 3.8) is 0 Å². The highest BCUT2D eigenvalue weighted by Gasteiger charge is 2.21. The van der Waals surface area contributed by atoms with Gasteiger partial charge >= 0.3 is 0 Å². The van der Waals surface area contributed by atoms with Crippen LogP contribution in [0.1, 0.15) is 0 Å². The van der Waals surface area contributed by atoms with Gasteiger partial charge in [0.1, 0.15) is 0 Å². The summed E-state index contributed by atoms with van der Waals surface area (Å²) in [5.74, 6) is 0. The average Bonchev–Trinajstić information content (AvgIpc) is 3.49. The van der Waals surface area contributed by atoms with Gasteiger partial charge in [0, 0.05) is 16.5 Å². The molecule has 0 bridgehead atoms. The van der Waals surface area contributed by atoms with Crippen molar-refractivity contribution >= 4 is 64.9 Å². The molecule has 0 amide bonds. The lowest BCUT2D eigenvalue weighted by Crippen LogP contribution is -1.94. The van der Waals surface area contributed by atoms with Crippen molar-refractivity contribution in [2.24, 2.45) is 0 Å². The van der Waals surface area contributed by atoms with E-state index in [4.69, 9.17) is 0 Å². The molecule has 0 atom stereocenters. The molecule has 10 aromatic rings. The Bertz CT molecular complexity index is 2840. The molecule has 0 saturated carbocycles. The summed E-state index contributed by atoms with van der Waals surface area (Å²) in [6.45, 7) is 0. The van der Waals surface area contributed by atoms with Gasteiger partial charge < -0.3 is 4.57 Å². The van der Waals surface area contributed by atoms with E-state index in [0.29, 0.717) is 0 Å². The predicted molar refractivity (Wildman–Crippen MR) is 202 cm³/mol. The molecule has 0 radical (unpaired) electrons.